The summed E-state index contributed by atoms with van der Waals surface area (Å²) >= 11 is 2.58. The lowest BCUT2D eigenvalue weighted by Gasteiger charge is -2.07. The van der Waals surface area contributed by atoms with Gasteiger partial charge >= 0.3 is 0 Å². The van der Waals surface area contributed by atoms with E-state index in [-0.39, 0.29) is 17.5 Å². The Balaban J connectivity index is 1.41. The lowest BCUT2D eigenvalue weighted by molar-refractivity contribution is -0.117. The lowest BCUT2D eigenvalue weighted by Crippen LogP contribution is -2.14. The Hall–Kier alpha value is -3.05. The fourth-order valence-electron chi connectivity index (χ4n) is 3.16. The average molecular weight is 485 g/mol. The van der Waals surface area contributed by atoms with Gasteiger partial charge in [-0.05, 0) is 49.1 Å². The molecule has 0 saturated heterocycles. The first-order valence-corrected chi connectivity index (χ1v) is 12.2. The number of amidine groups is 1. The third kappa shape index (κ3) is 8.10. The number of nitrogens with zero attached hydrogens (tertiary/aromatic N) is 5. The third-order valence-electron chi connectivity index (χ3n) is 4.81. The van der Waals surface area contributed by atoms with Crippen LogP contribution in [-0.4, -0.2) is 42.9 Å². The summed E-state index contributed by atoms with van der Waals surface area (Å²) in [6, 6.07) is 7.85. The number of aryl methyl sites for hydroxylation is 2. The number of carbonyl (C=O) groups excluding carboxylic acids is 1. The standard InChI is InChI=1S/C22H28N8OS2/c1-15-26-10-11-30(15)14-17-7-5-6-16(12-17)13-19(31)27-21(24)32-18(23)8-3-4-9-20-28-29-22(25-2)33-20/h5-7,10-12,23H,3-4,8-9,13-14H2,1-2H3,(H,25,29)(H2,24,27,31). The molecule has 2 heterocycles. The van der Waals surface area contributed by atoms with Gasteiger partial charge in [0, 0.05) is 32.4 Å². The van der Waals surface area contributed by atoms with Crippen LogP contribution in [0.3, 0.4) is 0 Å². The van der Waals surface area contributed by atoms with E-state index in [0.717, 1.165) is 58.1 Å². The normalized spacial score (nSPS) is 11.5. The van der Waals surface area contributed by atoms with Crippen LogP contribution in [0.25, 0.3) is 0 Å². The van der Waals surface area contributed by atoms with E-state index in [1.165, 1.54) is 11.3 Å². The van der Waals surface area contributed by atoms with Gasteiger partial charge in [-0.2, -0.15) is 4.99 Å². The predicted molar refractivity (Wildman–Crippen MR) is 135 cm³/mol. The first-order chi connectivity index (χ1) is 15.9. The van der Waals surface area contributed by atoms with E-state index in [1.807, 2.05) is 49.0 Å². The molecule has 3 aromatic rings. The zero-order valence-electron chi connectivity index (χ0n) is 18.7. The van der Waals surface area contributed by atoms with Gasteiger partial charge in [0.25, 0.3) is 5.91 Å². The number of nitrogens with two attached hydrogens (primary N) is 1. The zero-order valence-corrected chi connectivity index (χ0v) is 20.4. The number of rotatable bonds is 10. The van der Waals surface area contributed by atoms with Gasteiger partial charge in [-0.1, -0.05) is 35.6 Å². The summed E-state index contributed by atoms with van der Waals surface area (Å²) in [6.07, 6.45) is 7.04. The number of imidazole rings is 1. The molecule has 0 saturated carbocycles. The molecule has 1 amide bonds. The Morgan fingerprint density at radius 3 is 2.85 bits per heavy atom. The van der Waals surface area contributed by atoms with Gasteiger partial charge in [-0.3, -0.25) is 10.2 Å². The highest BCUT2D eigenvalue weighted by atomic mass is 32.2. The summed E-state index contributed by atoms with van der Waals surface area (Å²) in [6.45, 7) is 2.65. The van der Waals surface area contributed by atoms with E-state index in [4.69, 9.17) is 11.1 Å². The molecule has 4 N–H and O–H groups in total. The van der Waals surface area contributed by atoms with Crippen molar-refractivity contribution in [3.8, 4) is 0 Å². The summed E-state index contributed by atoms with van der Waals surface area (Å²) in [5.74, 6) is 0.622. The van der Waals surface area contributed by atoms with Crippen molar-refractivity contribution in [1.82, 2.24) is 19.7 Å². The zero-order chi connectivity index (χ0) is 23.6. The van der Waals surface area contributed by atoms with Gasteiger partial charge in [0.15, 0.2) is 5.17 Å². The fraction of sp³-hybridized carbons (Fsp3) is 0.364. The molecular formula is C22H28N8OS2. The van der Waals surface area contributed by atoms with Crippen molar-refractivity contribution in [2.75, 3.05) is 12.4 Å². The largest absolute Gasteiger partial charge is 0.378 e. The average Bonchev–Trinajstić information content (AvgIpc) is 3.40. The molecule has 33 heavy (non-hydrogen) atoms. The van der Waals surface area contributed by atoms with Crippen molar-refractivity contribution < 1.29 is 4.79 Å². The molecule has 0 unspecified atom stereocenters. The Kier molecular flexibility index (Phi) is 9.14. The van der Waals surface area contributed by atoms with Gasteiger partial charge in [0.2, 0.25) is 5.13 Å². The maximum absolute atomic E-state index is 12.3. The van der Waals surface area contributed by atoms with Crippen molar-refractivity contribution in [1.29, 1.82) is 5.41 Å². The number of amides is 1. The molecule has 1 aromatic carbocycles. The third-order valence-corrected chi connectivity index (χ3v) is 6.56. The molecule has 3 rings (SSSR count). The topological polar surface area (TPSA) is 135 Å². The van der Waals surface area contributed by atoms with Crippen LogP contribution in [0.1, 0.15) is 41.2 Å². The maximum Gasteiger partial charge on any atom is 0.252 e. The Morgan fingerprint density at radius 2 is 2.12 bits per heavy atom. The Morgan fingerprint density at radius 1 is 1.30 bits per heavy atom. The first-order valence-electron chi connectivity index (χ1n) is 10.6. The van der Waals surface area contributed by atoms with Crippen LogP contribution in [0.4, 0.5) is 5.13 Å². The van der Waals surface area contributed by atoms with Crippen LogP contribution in [0.2, 0.25) is 0 Å². The molecule has 0 aliphatic carbocycles. The molecule has 0 spiro atoms. The van der Waals surface area contributed by atoms with Gasteiger partial charge in [0.05, 0.1) is 11.5 Å². The van der Waals surface area contributed by atoms with Gasteiger partial charge in [-0.15, -0.1) is 10.2 Å². The number of benzene rings is 1. The molecule has 0 bridgehead atoms. The minimum Gasteiger partial charge on any atom is -0.378 e. The molecule has 0 atom stereocenters. The highest BCUT2D eigenvalue weighted by Crippen LogP contribution is 2.18. The van der Waals surface area contributed by atoms with Crippen molar-refractivity contribution >= 4 is 44.3 Å². The molecule has 0 fully saturated rings. The van der Waals surface area contributed by atoms with Crippen LogP contribution < -0.4 is 11.1 Å². The number of hydrogen-bond acceptors (Lipinski definition) is 8. The molecule has 0 aliphatic rings. The number of thioether (sulfide) groups is 1. The quantitative estimate of drug-likeness (QED) is 0.227. The lowest BCUT2D eigenvalue weighted by atomic mass is 10.1. The number of anilines is 1. The van der Waals surface area contributed by atoms with E-state index in [9.17, 15) is 4.79 Å². The van der Waals surface area contributed by atoms with Gasteiger partial charge < -0.3 is 15.6 Å². The summed E-state index contributed by atoms with van der Waals surface area (Å²) in [4.78, 5) is 20.5. The summed E-state index contributed by atoms with van der Waals surface area (Å²) in [5.41, 5.74) is 7.86. The first kappa shape index (κ1) is 24.6. The molecular weight excluding hydrogens is 456 g/mol. The monoisotopic (exact) mass is 484 g/mol. The summed E-state index contributed by atoms with van der Waals surface area (Å²) in [5, 5.41) is 21.5. The van der Waals surface area contributed by atoms with Crippen LogP contribution in [-0.2, 0) is 24.2 Å². The van der Waals surface area contributed by atoms with Crippen LogP contribution in [0.5, 0.6) is 0 Å². The van der Waals surface area contributed by atoms with E-state index >= 15 is 0 Å². The van der Waals surface area contributed by atoms with E-state index in [1.54, 1.807) is 6.20 Å². The molecule has 11 heteroatoms. The van der Waals surface area contributed by atoms with Crippen molar-refractivity contribution in [3.63, 3.8) is 0 Å². The number of aromatic nitrogens is 4. The summed E-state index contributed by atoms with van der Waals surface area (Å²) < 4.78 is 2.05. The highest BCUT2D eigenvalue weighted by molar-refractivity contribution is 8.26. The molecule has 2 aromatic heterocycles. The second-order valence-electron chi connectivity index (χ2n) is 7.43. The number of hydrogen-bond donors (Lipinski definition) is 3. The maximum atomic E-state index is 12.3. The van der Waals surface area contributed by atoms with Crippen LogP contribution in [0.15, 0.2) is 41.7 Å². The predicted octanol–water partition coefficient (Wildman–Crippen LogP) is 3.64. The van der Waals surface area contributed by atoms with Crippen molar-refractivity contribution in [2.45, 2.75) is 45.6 Å². The van der Waals surface area contributed by atoms with Gasteiger partial charge in [0.1, 0.15) is 10.8 Å². The van der Waals surface area contributed by atoms with Gasteiger partial charge in [-0.25, -0.2) is 4.98 Å². The number of carbonyl (C=O) groups is 1. The van der Waals surface area contributed by atoms with Crippen LogP contribution >= 0.6 is 23.1 Å². The fourth-order valence-corrected chi connectivity index (χ4v) is 4.54. The van der Waals surface area contributed by atoms with E-state index < -0.39 is 0 Å². The second kappa shape index (κ2) is 12.3. The SMILES string of the molecule is CNc1nnc(CCCCC(=N)SC(N)=NC(=O)Cc2cccc(Cn3ccnc3C)c2)s1. The highest BCUT2D eigenvalue weighted by Gasteiger charge is 2.09. The Labute approximate surface area is 201 Å². The van der Waals surface area contributed by atoms with E-state index in [0.29, 0.717) is 18.0 Å². The number of aliphatic imine (C=N–C) groups is 1. The van der Waals surface area contributed by atoms with E-state index in [2.05, 4.69) is 25.5 Å². The van der Waals surface area contributed by atoms with Crippen molar-refractivity contribution in [2.24, 2.45) is 10.7 Å². The second-order valence-corrected chi connectivity index (χ2v) is 9.60. The number of nitrogens with one attached hydrogen (secondary N) is 2. The summed E-state index contributed by atoms with van der Waals surface area (Å²) in [7, 11) is 1.82. The van der Waals surface area contributed by atoms with Crippen molar-refractivity contribution in [3.05, 3.63) is 58.6 Å². The smallest absolute Gasteiger partial charge is 0.252 e. The Bertz CT molecular complexity index is 1120. The minimum atomic E-state index is -0.319. The molecule has 0 radical (unpaired) electrons. The number of unbranched alkanes of at least 4 members (excludes halogenated alkanes) is 1. The molecule has 174 valence electrons. The minimum absolute atomic E-state index is 0.109. The van der Waals surface area contributed by atoms with Crippen LogP contribution in [0, 0.1) is 12.3 Å². The molecule has 0 aliphatic heterocycles. The molecule has 9 nitrogen and oxygen atoms in total.